The largest absolute Gasteiger partial charge is 0.462 e. The third-order valence-corrected chi connectivity index (χ3v) is 8.38. The molecule has 0 aromatic heterocycles. The minimum Gasteiger partial charge on any atom is -0.462 e. The van der Waals surface area contributed by atoms with Crippen molar-refractivity contribution in [2.75, 3.05) is 19.8 Å². The smallest absolute Gasteiger partial charge is 0.331 e. The van der Waals surface area contributed by atoms with E-state index in [1.54, 1.807) is 6.08 Å². The molecule has 0 amide bonds. The van der Waals surface area contributed by atoms with Crippen LogP contribution < -0.4 is 0 Å². The van der Waals surface area contributed by atoms with Gasteiger partial charge < -0.3 is 19.3 Å². The number of fused-ring (bicyclic) bond motifs is 2. The Bertz CT molecular complexity index is 695. The van der Waals surface area contributed by atoms with Gasteiger partial charge in [0.05, 0.1) is 18.6 Å². The third-order valence-electron chi connectivity index (χ3n) is 8.38. The lowest BCUT2D eigenvalue weighted by atomic mass is 9.43. The number of cyclic esters (lactones) is 1. The summed E-state index contributed by atoms with van der Waals surface area (Å²) in [6.07, 6.45) is 6.74. The molecule has 6 atom stereocenters. The Morgan fingerprint density at radius 2 is 2.18 bits per heavy atom. The van der Waals surface area contributed by atoms with Gasteiger partial charge in [-0.2, -0.15) is 0 Å². The summed E-state index contributed by atoms with van der Waals surface area (Å²) in [5.74, 6) is -0.0120. The van der Waals surface area contributed by atoms with Crippen LogP contribution in [0.2, 0.25) is 0 Å². The fraction of sp³-hybridized carbons (Fsp3) is 0.818. The van der Waals surface area contributed by atoms with Crippen LogP contribution >= 0.6 is 0 Å². The van der Waals surface area contributed by atoms with Gasteiger partial charge >= 0.3 is 11.9 Å². The van der Waals surface area contributed by atoms with Crippen molar-refractivity contribution >= 4 is 11.9 Å². The van der Waals surface area contributed by atoms with Crippen LogP contribution in [-0.4, -0.2) is 48.6 Å². The number of ether oxygens (including phenoxy) is 3. The second-order valence-electron chi connectivity index (χ2n) is 9.58. The Morgan fingerprint density at radius 3 is 2.75 bits per heavy atom. The van der Waals surface area contributed by atoms with Crippen molar-refractivity contribution in [3.63, 3.8) is 0 Å². The Balaban J connectivity index is 1.67. The molecule has 0 bridgehead atoms. The number of rotatable bonds is 5. The van der Waals surface area contributed by atoms with Gasteiger partial charge in [-0.25, -0.2) is 4.79 Å². The topological polar surface area (TPSA) is 85.4 Å². The highest BCUT2D eigenvalue weighted by atomic mass is 16.6. The number of hydrogen-bond acceptors (Lipinski definition) is 6. The number of aliphatic hydroxyl groups is 1. The SMILES string of the molecule is CC(=O)O[C@H]1C[C@@H](C)[C@](C)(CCC2=CC(=O)OC2)[C@H]2CCC[C@]3(CO3)[C@]12CO. The van der Waals surface area contributed by atoms with E-state index >= 15 is 0 Å². The quantitative estimate of drug-likeness (QED) is 0.572. The fourth-order valence-electron chi connectivity index (χ4n) is 6.60. The first-order valence-electron chi connectivity index (χ1n) is 10.6. The van der Waals surface area contributed by atoms with Gasteiger partial charge in [-0.15, -0.1) is 0 Å². The van der Waals surface area contributed by atoms with Crippen molar-refractivity contribution in [2.24, 2.45) is 22.7 Å². The number of hydrogen-bond donors (Lipinski definition) is 1. The highest BCUT2D eigenvalue weighted by Crippen LogP contribution is 2.69. The molecular formula is C22H32O6. The number of aliphatic hydroxyl groups excluding tert-OH is 1. The van der Waals surface area contributed by atoms with E-state index in [9.17, 15) is 14.7 Å². The molecule has 6 nitrogen and oxygen atoms in total. The molecule has 0 radical (unpaired) electrons. The van der Waals surface area contributed by atoms with Crippen LogP contribution in [0.4, 0.5) is 0 Å². The Morgan fingerprint density at radius 1 is 1.43 bits per heavy atom. The van der Waals surface area contributed by atoms with Crippen LogP contribution in [0.1, 0.15) is 59.3 Å². The zero-order valence-corrected chi connectivity index (χ0v) is 17.2. The van der Waals surface area contributed by atoms with Crippen LogP contribution in [0.5, 0.6) is 0 Å². The molecule has 0 aromatic rings. The third kappa shape index (κ3) is 2.83. The summed E-state index contributed by atoms with van der Waals surface area (Å²) in [5.41, 5.74) is 0.0980. The second-order valence-corrected chi connectivity index (χ2v) is 9.58. The van der Waals surface area contributed by atoms with E-state index < -0.39 is 5.41 Å². The zero-order valence-electron chi connectivity index (χ0n) is 17.2. The van der Waals surface area contributed by atoms with E-state index in [-0.39, 0.29) is 41.6 Å². The first-order chi connectivity index (χ1) is 13.3. The Hall–Kier alpha value is -1.40. The lowest BCUT2D eigenvalue weighted by Crippen LogP contribution is -2.66. The minimum atomic E-state index is -0.547. The molecule has 4 rings (SSSR count). The molecule has 2 aliphatic carbocycles. The molecule has 4 aliphatic rings. The molecule has 6 heteroatoms. The Labute approximate surface area is 166 Å². The van der Waals surface area contributed by atoms with Crippen molar-refractivity contribution < 1.29 is 28.9 Å². The molecule has 2 heterocycles. The number of carbonyl (C=O) groups is 2. The average Bonchev–Trinajstić information content (AvgIpc) is 3.29. The summed E-state index contributed by atoms with van der Waals surface area (Å²) in [7, 11) is 0. The van der Waals surface area contributed by atoms with E-state index in [0.29, 0.717) is 19.1 Å². The van der Waals surface area contributed by atoms with Crippen molar-refractivity contribution in [2.45, 2.75) is 71.0 Å². The molecule has 3 fully saturated rings. The molecule has 2 saturated carbocycles. The summed E-state index contributed by atoms with van der Waals surface area (Å²) in [4.78, 5) is 23.3. The molecule has 0 aromatic carbocycles. The molecule has 1 N–H and O–H groups in total. The van der Waals surface area contributed by atoms with Gasteiger partial charge in [0.25, 0.3) is 0 Å². The van der Waals surface area contributed by atoms with Crippen molar-refractivity contribution in [3.8, 4) is 0 Å². The first kappa shape index (κ1) is 19.9. The lowest BCUT2D eigenvalue weighted by molar-refractivity contribution is -0.224. The van der Waals surface area contributed by atoms with Gasteiger partial charge in [0.1, 0.15) is 18.3 Å². The normalized spacial score (nSPS) is 44.6. The first-order valence-corrected chi connectivity index (χ1v) is 10.6. The predicted octanol–water partition coefficient (Wildman–Crippen LogP) is 2.78. The van der Waals surface area contributed by atoms with Crippen LogP contribution in [0.15, 0.2) is 11.6 Å². The van der Waals surface area contributed by atoms with Crippen molar-refractivity contribution in [1.29, 1.82) is 0 Å². The summed E-state index contributed by atoms with van der Waals surface area (Å²) in [6, 6.07) is 0. The summed E-state index contributed by atoms with van der Waals surface area (Å²) in [5, 5.41) is 10.7. The van der Waals surface area contributed by atoms with E-state index in [4.69, 9.17) is 14.2 Å². The summed E-state index contributed by atoms with van der Waals surface area (Å²) >= 11 is 0. The maximum Gasteiger partial charge on any atom is 0.331 e. The lowest BCUT2D eigenvalue weighted by Gasteiger charge is -2.63. The fourth-order valence-corrected chi connectivity index (χ4v) is 6.60. The van der Waals surface area contributed by atoms with E-state index in [1.165, 1.54) is 6.92 Å². The molecular weight excluding hydrogens is 360 g/mol. The predicted molar refractivity (Wildman–Crippen MR) is 101 cm³/mol. The van der Waals surface area contributed by atoms with Gasteiger partial charge in [0.2, 0.25) is 0 Å². The maximum atomic E-state index is 11.9. The molecule has 2 aliphatic heterocycles. The molecule has 1 saturated heterocycles. The highest BCUT2D eigenvalue weighted by molar-refractivity contribution is 5.85. The van der Waals surface area contributed by atoms with Crippen LogP contribution in [0, 0.1) is 22.7 Å². The Kier molecular flexibility index (Phi) is 4.86. The summed E-state index contributed by atoms with van der Waals surface area (Å²) in [6.45, 7) is 7.00. The van der Waals surface area contributed by atoms with Crippen molar-refractivity contribution in [1.82, 2.24) is 0 Å². The van der Waals surface area contributed by atoms with Gasteiger partial charge in [-0.1, -0.05) is 20.3 Å². The molecule has 0 unspecified atom stereocenters. The second kappa shape index (κ2) is 6.84. The van der Waals surface area contributed by atoms with Crippen LogP contribution in [0.25, 0.3) is 0 Å². The van der Waals surface area contributed by atoms with Crippen molar-refractivity contribution in [3.05, 3.63) is 11.6 Å². The molecule has 28 heavy (non-hydrogen) atoms. The number of esters is 2. The van der Waals surface area contributed by atoms with Crippen LogP contribution in [-0.2, 0) is 23.8 Å². The molecule has 156 valence electrons. The monoisotopic (exact) mass is 392 g/mol. The van der Waals surface area contributed by atoms with Gasteiger partial charge in [0, 0.05) is 13.0 Å². The van der Waals surface area contributed by atoms with Gasteiger partial charge in [-0.3, -0.25) is 4.79 Å². The number of carbonyl (C=O) groups excluding carboxylic acids is 2. The zero-order chi connectivity index (χ0) is 20.2. The molecule has 1 spiro atoms. The summed E-state index contributed by atoms with van der Waals surface area (Å²) < 4.78 is 16.9. The number of epoxide rings is 1. The van der Waals surface area contributed by atoms with Crippen LogP contribution in [0.3, 0.4) is 0 Å². The minimum absolute atomic E-state index is 0.0256. The maximum absolute atomic E-state index is 11.9. The van der Waals surface area contributed by atoms with Gasteiger partial charge in [-0.05, 0) is 54.9 Å². The standard InChI is InChI=1S/C22H32O6/c1-14-9-18(28-15(2)24)22(12-23)17(5-4-7-21(22)13-27-21)20(14,3)8-6-16-10-19(25)26-11-16/h10,14,17-18,23H,4-9,11-13H2,1-3H3/t14-,17-,18+,20+,21+,22+/m1/s1. The average molecular weight is 392 g/mol. The van der Waals surface area contributed by atoms with Gasteiger partial charge in [0.15, 0.2) is 0 Å². The van der Waals surface area contributed by atoms with E-state index in [2.05, 4.69) is 13.8 Å². The van der Waals surface area contributed by atoms with E-state index in [0.717, 1.165) is 44.1 Å². The van der Waals surface area contributed by atoms with E-state index in [1.807, 2.05) is 0 Å². The highest BCUT2D eigenvalue weighted by Gasteiger charge is 2.74.